The van der Waals surface area contributed by atoms with Gasteiger partial charge in [0.15, 0.2) is 0 Å². The van der Waals surface area contributed by atoms with E-state index in [0.717, 1.165) is 78.0 Å². The van der Waals surface area contributed by atoms with E-state index in [1.807, 2.05) is 43.7 Å². The number of carbonyl (C=O) groups excluding carboxylic acids is 4. The Kier molecular flexibility index (Phi) is 11.7. The number of alkyl carbamates (subject to hydrolysis) is 2. The normalized spacial score (nSPS) is 19.8. The third kappa shape index (κ3) is 8.00. The molecule has 2 saturated heterocycles. The van der Waals surface area contributed by atoms with Gasteiger partial charge in [-0.3, -0.25) is 9.59 Å². The van der Waals surface area contributed by atoms with E-state index in [2.05, 4.69) is 75.2 Å². The number of ether oxygens (including phenoxy) is 2. The Hall–Kier alpha value is -6.18. The summed E-state index contributed by atoms with van der Waals surface area (Å²) in [7, 11) is 2.61. The molecule has 4 atom stereocenters. The van der Waals surface area contributed by atoms with Gasteiger partial charge in [-0.05, 0) is 120 Å². The fourth-order valence-electron chi connectivity index (χ4n) is 10.7. The zero-order chi connectivity index (χ0) is 44.9. The minimum atomic E-state index is -0.688. The maximum Gasteiger partial charge on any atom is 0.407 e. The van der Waals surface area contributed by atoms with Gasteiger partial charge in [0.25, 0.3) is 0 Å². The molecule has 4 aliphatic rings. The second-order valence-electron chi connectivity index (χ2n) is 19.0. The molecule has 9 rings (SSSR count). The van der Waals surface area contributed by atoms with Gasteiger partial charge < -0.3 is 39.9 Å². The molecule has 0 bridgehead atoms. The molecule has 1 unspecified atom stereocenters. The lowest BCUT2D eigenvalue weighted by molar-refractivity contribution is -0.136. The van der Waals surface area contributed by atoms with Gasteiger partial charge in [0.05, 0.1) is 49.2 Å². The van der Waals surface area contributed by atoms with Crippen LogP contribution in [-0.4, -0.2) is 93.1 Å². The number of amides is 4. The highest BCUT2D eigenvalue weighted by Gasteiger charge is 2.44. The molecule has 0 radical (unpaired) electrons. The van der Waals surface area contributed by atoms with E-state index in [-0.39, 0.29) is 35.7 Å². The number of benzene rings is 3. The van der Waals surface area contributed by atoms with Crippen LogP contribution in [0, 0.1) is 17.3 Å². The van der Waals surface area contributed by atoms with Crippen LogP contribution in [0.5, 0.6) is 0 Å². The predicted molar refractivity (Wildman–Crippen MR) is 244 cm³/mol. The molecule has 5 aromatic rings. The van der Waals surface area contributed by atoms with Crippen LogP contribution in [0.2, 0.25) is 0 Å². The summed E-state index contributed by atoms with van der Waals surface area (Å²) in [4.78, 5) is 72.2. The molecule has 1 spiro atoms. The van der Waals surface area contributed by atoms with Crippen LogP contribution in [0.3, 0.4) is 0 Å². The number of nitrogens with zero attached hydrogens (tertiary/aromatic N) is 4. The van der Waals surface area contributed by atoms with E-state index in [0.29, 0.717) is 18.5 Å². The third-order valence-corrected chi connectivity index (χ3v) is 14.3. The number of likely N-dealkylation sites (tertiary alicyclic amines) is 2. The summed E-state index contributed by atoms with van der Waals surface area (Å²) < 4.78 is 9.62. The fraction of sp³-hybridized carbons (Fsp3) is 0.480. The molecule has 14 heteroatoms. The number of nitrogens with one attached hydrogen (secondary N) is 4. The highest BCUT2D eigenvalue weighted by atomic mass is 16.5. The van der Waals surface area contributed by atoms with Crippen LogP contribution in [0.25, 0.3) is 44.5 Å². The summed E-state index contributed by atoms with van der Waals surface area (Å²) in [6.07, 6.45) is 9.83. The lowest BCUT2D eigenvalue weighted by Gasteiger charge is -2.38. The maximum absolute atomic E-state index is 13.8. The van der Waals surface area contributed by atoms with Crippen LogP contribution in [-0.2, 0) is 31.9 Å². The molecule has 64 heavy (non-hydrogen) atoms. The second kappa shape index (κ2) is 17.4. The number of rotatable bonds is 11. The summed E-state index contributed by atoms with van der Waals surface area (Å²) in [5.74, 6) is 1.05. The molecule has 3 aromatic carbocycles. The Morgan fingerprint density at radius 1 is 0.688 bits per heavy atom. The van der Waals surface area contributed by atoms with Crippen molar-refractivity contribution in [1.82, 2.24) is 40.4 Å². The van der Waals surface area contributed by atoms with Crippen molar-refractivity contribution < 1.29 is 28.7 Å². The Morgan fingerprint density at radius 3 is 1.75 bits per heavy atom. The van der Waals surface area contributed by atoms with Gasteiger partial charge in [0.2, 0.25) is 11.8 Å². The van der Waals surface area contributed by atoms with Crippen molar-refractivity contribution in [3.05, 3.63) is 83.6 Å². The van der Waals surface area contributed by atoms with Crippen LogP contribution in [0.1, 0.15) is 108 Å². The number of carbonyl (C=O) groups is 4. The minimum absolute atomic E-state index is 0.103. The molecule has 4 amide bonds. The quantitative estimate of drug-likeness (QED) is 0.102. The first-order valence-electron chi connectivity index (χ1n) is 23.0. The summed E-state index contributed by atoms with van der Waals surface area (Å²) in [5.41, 5.74) is 11.8. The smallest absolute Gasteiger partial charge is 0.407 e. The lowest BCUT2D eigenvalue weighted by atomic mass is 9.67. The van der Waals surface area contributed by atoms with Crippen molar-refractivity contribution in [2.24, 2.45) is 17.3 Å². The van der Waals surface area contributed by atoms with Crippen molar-refractivity contribution in [1.29, 1.82) is 0 Å². The molecule has 3 fully saturated rings. The Morgan fingerprint density at radius 2 is 1.22 bits per heavy atom. The van der Waals surface area contributed by atoms with Crippen LogP contribution >= 0.6 is 0 Å². The molecule has 4 heterocycles. The van der Waals surface area contributed by atoms with E-state index in [1.54, 1.807) is 0 Å². The monoisotopic (exact) mass is 868 g/mol. The summed E-state index contributed by atoms with van der Waals surface area (Å²) in [6, 6.07) is 18.0. The SMILES string of the molecule is COC(=O)N[C@H](C(=O)N1CCCC1c1nc2ccc(-c3ccc(-c4ccc(-c5cnc([C@@H]6CCCN6C(=O)[C@@H](NC(=O)OC)C(C)C)[nH]5)cc4)c4c3CC3(CCC3)C4)cc2[nH]1)C(C)C. The molecule has 4 N–H and O–H groups in total. The van der Waals surface area contributed by atoms with E-state index >= 15 is 0 Å². The topological polar surface area (TPSA) is 175 Å². The first-order chi connectivity index (χ1) is 30.9. The first-order valence-corrected chi connectivity index (χ1v) is 23.0. The number of fused-ring (bicyclic) bond motifs is 2. The Bertz CT molecular complexity index is 2570. The number of imidazole rings is 2. The molecular formula is C50H60N8O6. The molecule has 336 valence electrons. The number of hydrogen-bond donors (Lipinski definition) is 4. The molecule has 2 aliphatic heterocycles. The van der Waals surface area contributed by atoms with Crippen molar-refractivity contribution in [2.45, 2.75) is 110 Å². The van der Waals surface area contributed by atoms with E-state index in [9.17, 15) is 19.2 Å². The van der Waals surface area contributed by atoms with Gasteiger partial charge in [-0.2, -0.15) is 0 Å². The summed E-state index contributed by atoms with van der Waals surface area (Å²) >= 11 is 0. The molecule has 2 aliphatic carbocycles. The van der Waals surface area contributed by atoms with Gasteiger partial charge >= 0.3 is 12.2 Å². The number of aromatic nitrogens is 4. The van der Waals surface area contributed by atoms with Crippen molar-refractivity contribution in [2.75, 3.05) is 27.3 Å². The number of methoxy groups -OCH3 is 2. The average molecular weight is 869 g/mol. The fourth-order valence-corrected chi connectivity index (χ4v) is 10.7. The lowest BCUT2D eigenvalue weighted by Crippen LogP contribution is -2.51. The zero-order valence-electron chi connectivity index (χ0n) is 37.8. The second-order valence-corrected chi connectivity index (χ2v) is 19.0. The maximum atomic E-state index is 13.8. The third-order valence-electron chi connectivity index (χ3n) is 14.3. The van der Waals surface area contributed by atoms with Gasteiger partial charge in [0, 0.05) is 13.1 Å². The first kappa shape index (κ1) is 43.1. The van der Waals surface area contributed by atoms with Gasteiger partial charge in [-0.15, -0.1) is 0 Å². The van der Waals surface area contributed by atoms with E-state index in [4.69, 9.17) is 19.4 Å². The summed E-state index contributed by atoms with van der Waals surface area (Å²) in [5, 5.41) is 5.47. The van der Waals surface area contributed by atoms with Crippen molar-refractivity contribution in [3.8, 4) is 33.5 Å². The van der Waals surface area contributed by atoms with Crippen LogP contribution in [0.4, 0.5) is 9.59 Å². The number of aromatic amines is 2. The predicted octanol–water partition coefficient (Wildman–Crippen LogP) is 8.64. The standard InChI is InChI=1S/C50H60N8O6/c1-28(2)42(55-48(61)63-5)46(59)57-22-7-10-40(57)44-51-27-39(54-44)31-14-12-30(13-15-31)33-17-18-34(36-26-50(20-9-21-50)25-35(33)36)32-16-19-37-38(24-32)53-45(52-37)41-11-8-23-58(41)47(60)43(29(3)4)56-49(62)64-6/h12-19,24,27-29,40-43H,7-11,20-23,25-26H2,1-6H3,(H,51,54)(H,52,53)(H,55,61)(H,56,62)/t40-,41?,42-,43-/m0/s1. The largest absolute Gasteiger partial charge is 0.453 e. The number of H-pyrrole nitrogens is 2. The van der Waals surface area contributed by atoms with Gasteiger partial charge in [-0.25, -0.2) is 19.6 Å². The number of hydrogen-bond acceptors (Lipinski definition) is 8. The molecular weight excluding hydrogens is 809 g/mol. The van der Waals surface area contributed by atoms with Gasteiger partial charge in [0.1, 0.15) is 23.7 Å². The van der Waals surface area contributed by atoms with Crippen molar-refractivity contribution in [3.63, 3.8) is 0 Å². The van der Waals surface area contributed by atoms with Crippen LogP contribution < -0.4 is 10.6 Å². The van der Waals surface area contributed by atoms with E-state index < -0.39 is 24.3 Å². The van der Waals surface area contributed by atoms with Crippen LogP contribution in [0.15, 0.2) is 60.8 Å². The van der Waals surface area contributed by atoms with Crippen molar-refractivity contribution >= 4 is 35.0 Å². The zero-order valence-corrected chi connectivity index (χ0v) is 37.8. The minimum Gasteiger partial charge on any atom is -0.453 e. The molecule has 14 nitrogen and oxygen atoms in total. The highest BCUT2D eigenvalue weighted by Crippen LogP contribution is 2.55. The van der Waals surface area contributed by atoms with E-state index in [1.165, 1.54) is 61.3 Å². The Labute approximate surface area is 374 Å². The average Bonchev–Trinajstić information content (AvgIpc) is 4.14. The van der Waals surface area contributed by atoms with Gasteiger partial charge in [-0.1, -0.05) is 76.6 Å². The molecule has 1 saturated carbocycles. The highest BCUT2D eigenvalue weighted by molar-refractivity contribution is 5.88. The summed E-state index contributed by atoms with van der Waals surface area (Å²) in [6.45, 7) is 8.88. The Balaban J connectivity index is 0.954. The molecule has 2 aromatic heterocycles.